The van der Waals surface area contributed by atoms with Gasteiger partial charge in [0.25, 0.3) is 0 Å². The summed E-state index contributed by atoms with van der Waals surface area (Å²) in [4.78, 5) is 35.0. The van der Waals surface area contributed by atoms with Gasteiger partial charge in [-0.25, -0.2) is 43.4 Å². The van der Waals surface area contributed by atoms with E-state index in [0.717, 1.165) is 0 Å². The molecule has 2 fully saturated rings. The number of aromatic nitrogens is 9. The van der Waals surface area contributed by atoms with E-state index in [0.29, 0.717) is 34.4 Å². The summed E-state index contributed by atoms with van der Waals surface area (Å²) >= 11 is 7.70. The maximum Gasteiger partial charge on any atom is 0.386 e. The molecular formula is C23H27FN10O7P2S2. The lowest BCUT2D eigenvalue weighted by Gasteiger charge is -2.45. The van der Waals surface area contributed by atoms with Gasteiger partial charge in [-0.05, 0) is 12.3 Å². The summed E-state index contributed by atoms with van der Waals surface area (Å²) in [6.45, 7) is -8.45. The van der Waals surface area contributed by atoms with E-state index in [9.17, 15) is 14.0 Å². The third-order valence-electron chi connectivity index (χ3n) is 8.05. The number of nitrogens with zero attached hydrogens (tertiary/aromatic N) is 9. The standard InChI is InChI=1S/C23H27FN10O7P2S2/c24-15-4-13(41-23(15)34-11-30-18-20-26-1-2-32(20)9-31-22(18)34)6-39-43(37,45)40-7-14-12(5-38-42(35,36)44)3-16(14)33-10-29-17-19(25)27-8-28-21(17)33/h1-2,8-16,23H,3-7H2,(H,37,45)(H2,25,27,28)(H2,35,36,44)/t12-,13+,14-,15-,16-,23-,43?/m1/s1. The summed E-state index contributed by atoms with van der Waals surface area (Å²) in [6.07, 6.45) is 6.52. The first-order valence-corrected chi connectivity index (χ1v) is 19.1. The van der Waals surface area contributed by atoms with Crippen molar-refractivity contribution < 1.29 is 36.7 Å². The lowest BCUT2D eigenvalue weighted by atomic mass is 9.70. The molecule has 1 aliphatic carbocycles. The first kappa shape index (κ1) is 31.0. The van der Waals surface area contributed by atoms with Crippen molar-refractivity contribution in [3.8, 4) is 0 Å². The SMILES string of the molecule is Nc1ncnc2c1ncn2[C@@H]1C[C@H](COP(=O)(O)S)[C@H]1COP(=O)(S)OC[C@@H]1C[C@@H](F)[C@H](n2cnc3c2ncn2ccnc32)O1. The zero-order valence-electron chi connectivity index (χ0n) is 23.1. The average molecular weight is 701 g/mol. The van der Waals surface area contributed by atoms with Crippen molar-refractivity contribution in [3.63, 3.8) is 0 Å². The molecule has 45 heavy (non-hydrogen) atoms. The first-order chi connectivity index (χ1) is 21.5. The zero-order chi connectivity index (χ0) is 31.5. The molecule has 0 radical (unpaired) electrons. The Morgan fingerprint density at radius 2 is 1.69 bits per heavy atom. The van der Waals surface area contributed by atoms with E-state index < -0.39 is 32.1 Å². The number of fused-ring (bicyclic) bond motifs is 4. The molecule has 17 nitrogen and oxygen atoms in total. The van der Waals surface area contributed by atoms with Crippen molar-refractivity contribution in [2.75, 3.05) is 25.6 Å². The van der Waals surface area contributed by atoms with Crippen LogP contribution in [0.4, 0.5) is 10.2 Å². The number of hydrogen-bond donors (Lipinski definition) is 4. The highest BCUT2D eigenvalue weighted by molar-refractivity contribution is 8.44. The summed E-state index contributed by atoms with van der Waals surface area (Å²) < 4.78 is 67.1. The fourth-order valence-electron chi connectivity index (χ4n) is 5.82. The van der Waals surface area contributed by atoms with E-state index in [4.69, 9.17) is 24.0 Å². The fourth-order valence-corrected chi connectivity index (χ4v) is 7.60. The van der Waals surface area contributed by atoms with Crippen LogP contribution >= 0.6 is 38.1 Å². The van der Waals surface area contributed by atoms with E-state index in [1.54, 1.807) is 34.0 Å². The number of nitrogen functional groups attached to an aromatic ring is 1. The summed E-state index contributed by atoms with van der Waals surface area (Å²) in [7, 11) is 0. The fraction of sp³-hybridized carbons (Fsp3) is 0.478. The first-order valence-electron chi connectivity index (χ1n) is 13.7. The summed E-state index contributed by atoms with van der Waals surface area (Å²) in [5.41, 5.74) is 8.33. The quantitative estimate of drug-likeness (QED) is 0.115. The second-order valence-electron chi connectivity index (χ2n) is 10.8. The van der Waals surface area contributed by atoms with Crippen molar-refractivity contribution in [1.29, 1.82) is 0 Å². The predicted octanol–water partition coefficient (Wildman–Crippen LogP) is 3.42. The van der Waals surface area contributed by atoms with Crippen LogP contribution in [0.5, 0.6) is 0 Å². The van der Waals surface area contributed by atoms with Crippen LogP contribution in [0, 0.1) is 11.8 Å². The minimum absolute atomic E-state index is 0.0303. The van der Waals surface area contributed by atoms with Crippen molar-refractivity contribution in [2.24, 2.45) is 11.8 Å². The van der Waals surface area contributed by atoms with Crippen LogP contribution in [-0.4, -0.2) is 80.4 Å². The number of ether oxygens (including phenoxy) is 1. The number of nitrogens with two attached hydrogens (primary N) is 1. The predicted molar refractivity (Wildman–Crippen MR) is 163 cm³/mol. The molecule has 7 rings (SSSR count). The molecule has 0 aromatic carbocycles. The summed E-state index contributed by atoms with van der Waals surface area (Å²) in [5.74, 6) is -0.413. The molecule has 22 heteroatoms. The van der Waals surface area contributed by atoms with E-state index in [2.05, 4.69) is 54.4 Å². The minimum atomic E-state index is -4.03. The number of thiol groups is 2. The molecule has 3 N–H and O–H groups in total. The lowest BCUT2D eigenvalue weighted by molar-refractivity contribution is -0.0346. The molecule has 6 heterocycles. The van der Waals surface area contributed by atoms with Crippen LogP contribution in [-0.2, 0) is 27.4 Å². The molecule has 8 atom stereocenters. The van der Waals surface area contributed by atoms with Crippen molar-refractivity contribution in [1.82, 2.24) is 43.4 Å². The monoisotopic (exact) mass is 700 g/mol. The molecular weight excluding hydrogens is 673 g/mol. The number of alkyl halides is 1. The smallest absolute Gasteiger partial charge is 0.382 e. The molecule has 2 aliphatic rings. The maximum atomic E-state index is 15.1. The van der Waals surface area contributed by atoms with E-state index in [-0.39, 0.29) is 49.9 Å². The van der Waals surface area contributed by atoms with E-state index in [1.807, 2.05) is 0 Å². The number of imidazole rings is 3. The molecule has 240 valence electrons. The highest BCUT2D eigenvalue weighted by Crippen LogP contribution is 2.57. The van der Waals surface area contributed by atoms with E-state index in [1.165, 1.54) is 17.2 Å². The van der Waals surface area contributed by atoms with Crippen LogP contribution < -0.4 is 5.73 Å². The van der Waals surface area contributed by atoms with Gasteiger partial charge < -0.3 is 29.0 Å². The van der Waals surface area contributed by atoms with Gasteiger partial charge in [0.2, 0.25) is 0 Å². The van der Waals surface area contributed by atoms with E-state index >= 15 is 4.39 Å². The molecule has 2 unspecified atom stereocenters. The normalized spacial score (nSPS) is 28.0. The van der Waals surface area contributed by atoms with Gasteiger partial charge in [0.05, 0.1) is 38.6 Å². The third kappa shape index (κ3) is 6.11. The zero-order valence-corrected chi connectivity index (χ0v) is 26.7. The number of anilines is 1. The average Bonchev–Trinajstić information content (AvgIpc) is 3.76. The van der Waals surface area contributed by atoms with Gasteiger partial charge in [0.15, 0.2) is 34.5 Å². The Hall–Kier alpha value is -2.67. The molecule has 5 aromatic rings. The van der Waals surface area contributed by atoms with Gasteiger partial charge in [-0.1, -0.05) is 24.5 Å². The van der Waals surface area contributed by atoms with Gasteiger partial charge in [-0.15, -0.1) is 0 Å². The molecule has 0 amide bonds. The highest BCUT2D eigenvalue weighted by Gasteiger charge is 2.45. The second kappa shape index (κ2) is 11.8. The van der Waals surface area contributed by atoms with Crippen molar-refractivity contribution in [3.05, 3.63) is 37.7 Å². The van der Waals surface area contributed by atoms with Crippen molar-refractivity contribution >= 4 is 71.9 Å². The van der Waals surface area contributed by atoms with Crippen LogP contribution in [0.3, 0.4) is 0 Å². The molecule has 0 spiro atoms. The Morgan fingerprint density at radius 1 is 0.933 bits per heavy atom. The lowest BCUT2D eigenvalue weighted by Crippen LogP contribution is -2.43. The van der Waals surface area contributed by atoms with Crippen LogP contribution in [0.1, 0.15) is 25.1 Å². The Morgan fingerprint density at radius 3 is 2.51 bits per heavy atom. The highest BCUT2D eigenvalue weighted by atomic mass is 32.7. The molecule has 1 saturated heterocycles. The van der Waals surface area contributed by atoms with Gasteiger partial charge >= 0.3 is 13.6 Å². The summed E-state index contributed by atoms with van der Waals surface area (Å²) in [5, 5.41) is 0. The molecule has 0 bridgehead atoms. The maximum absolute atomic E-state index is 15.1. The van der Waals surface area contributed by atoms with Crippen LogP contribution in [0.25, 0.3) is 28.0 Å². The van der Waals surface area contributed by atoms with Gasteiger partial charge in [-0.3, -0.25) is 13.5 Å². The Bertz CT molecular complexity index is 1970. The number of rotatable bonds is 11. The second-order valence-corrected chi connectivity index (χ2v) is 16.5. The van der Waals surface area contributed by atoms with Gasteiger partial charge in [0, 0.05) is 30.8 Å². The minimum Gasteiger partial charge on any atom is -0.382 e. The van der Waals surface area contributed by atoms with Gasteiger partial charge in [-0.2, -0.15) is 0 Å². The molecule has 5 aromatic heterocycles. The third-order valence-corrected chi connectivity index (χ3v) is 10.5. The Kier molecular flexibility index (Phi) is 8.15. The largest absolute Gasteiger partial charge is 0.386 e. The topological polar surface area (TPSA) is 209 Å². The van der Waals surface area contributed by atoms with Crippen LogP contribution in [0.15, 0.2) is 37.7 Å². The van der Waals surface area contributed by atoms with Crippen molar-refractivity contribution in [2.45, 2.75) is 37.4 Å². The molecule has 1 aliphatic heterocycles. The van der Waals surface area contributed by atoms with Gasteiger partial charge in [0.1, 0.15) is 24.3 Å². The Labute approximate surface area is 264 Å². The number of hydrogen-bond acceptors (Lipinski definition) is 13. The number of halogens is 1. The van der Waals surface area contributed by atoms with Crippen LogP contribution in [0.2, 0.25) is 0 Å². The Balaban J connectivity index is 0.999. The molecule has 1 saturated carbocycles. The summed E-state index contributed by atoms with van der Waals surface area (Å²) in [6, 6.07) is -0.253.